The molecule has 0 aromatic heterocycles. The minimum Gasteiger partial charge on any atom is -0.382 e. The Bertz CT molecular complexity index is 145. The molecular weight excluding hydrogens is 186 g/mol. The van der Waals surface area contributed by atoms with Crippen LogP contribution in [0.3, 0.4) is 0 Å². The maximum Gasteiger partial charge on any atom is 0.0546 e. The molecule has 2 atom stereocenters. The number of hydrogen-bond acceptors (Lipinski definition) is 2. The molecule has 0 fully saturated rings. The molecule has 2 heteroatoms. The standard InChI is InChI=1S/C13H29NO/c1-10(2)7-13(8-12(5)15-6)9-14-11(3)4/h10-14H,7-9H2,1-6H3. The molecule has 0 saturated carbocycles. The maximum absolute atomic E-state index is 5.34. The molecule has 0 aliphatic carbocycles. The molecule has 15 heavy (non-hydrogen) atoms. The average molecular weight is 215 g/mol. The van der Waals surface area contributed by atoms with Gasteiger partial charge < -0.3 is 10.1 Å². The zero-order valence-corrected chi connectivity index (χ0v) is 11.3. The molecule has 1 N–H and O–H groups in total. The fraction of sp³-hybridized carbons (Fsp3) is 1.00. The Morgan fingerprint density at radius 1 is 1.00 bits per heavy atom. The second-order valence-corrected chi connectivity index (χ2v) is 5.34. The highest BCUT2D eigenvalue weighted by Crippen LogP contribution is 2.17. The van der Waals surface area contributed by atoms with Crippen LogP contribution in [0.15, 0.2) is 0 Å². The van der Waals surface area contributed by atoms with E-state index in [0.29, 0.717) is 12.1 Å². The summed E-state index contributed by atoms with van der Waals surface area (Å²) in [6, 6.07) is 0.581. The molecule has 0 bridgehead atoms. The second-order valence-electron chi connectivity index (χ2n) is 5.34. The SMILES string of the molecule is COC(C)CC(CNC(C)C)CC(C)C. The van der Waals surface area contributed by atoms with E-state index in [2.05, 4.69) is 39.9 Å². The van der Waals surface area contributed by atoms with Crippen LogP contribution in [0.25, 0.3) is 0 Å². The first kappa shape index (κ1) is 14.9. The van der Waals surface area contributed by atoms with Gasteiger partial charge in [0.05, 0.1) is 6.10 Å². The fourth-order valence-electron chi connectivity index (χ4n) is 1.90. The largest absolute Gasteiger partial charge is 0.382 e. The van der Waals surface area contributed by atoms with Gasteiger partial charge in [0.15, 0.2) is 0 Å². The van der Waals surface area contributed by atoms with Crippen molar-refractivity contribution in [3.63, 3.8) is 0 Å². The van der Waals surface area contributed by atoms with E-state index in [0.717, 1.165) is 24.8 Å². The van der Waals surface area contributed by atoms with Crippen LogP contribution in [0.4, 0.5) is 0 Å². The summed E-state index contributed by atoms with van der Waals surface area (Å²) in [6.45, 7) is 12.3. The predicted molar refractivity (Wildman–Crippen MR) is 67.2 cm³/mol. The van der Waals surface area contributed by atoms with Crippen LogP contribution >= 0.6 is 0 Å². The Kier molecular flexibility index (Phi) is 8.07. The van der Waals surface area contributed by atoms with E-state index in [9.17, 15) is 0 Å². The summed E-state index contributed by atoms with van der Waals surface area (Å²) < 4.78 is 5.34. The van der Waals surface area contributed by atoms with Gasteiger partial charge in [0.2, 0.25) is 0 Å². The van der Waals surface area contributed by atoms with E-state index < -0.39 is 0 Å². The lowest BCUT2D eigenvalue weighted by atomic mass is 9.92. The van der Waals surface area contributed by atoms with E-state index in [4.69, 9.17) is 4.74 Å². The molecule has 0 aromatic carbocycles. The molecule has 2 unspecified atom stereocenters. The summed E-state index contributed by atoms with van der Waals surface area (Å²) >= 11 is 0. The van der Waals surface area contributed by atoms with Crippen molar-refractivity contribution in [2.24, 2.45) is 11.8 Å². The summed E-state index contributed by atoms with van der Waals surface area (Å²) in [5.41, 5.74) is 0. The van der Waals surface area contributed by atoms with Crippen LogP contribution < -0.4 is 5.32 Å². The molecule has 0 saturated heterocycles. The van der Waals surface area contributed by atoms with Gasteiger partial charge in [-0.2, -0.15) is 0 Å². The van der Waals surface area contributed by atoms with Crippen molar-refractivity contribution in [2.75, 3.05) is 13.7 Å². The third-order valence-electron chi connectivity index (χ3n) is 2.69. The van der Waals surface area contributed by atoms with E-state index in [1.165, 1.54) is 6.42 Å². The molecule has 0 aromatic rings. The van der Waals surface area contributed by atoms with Crippen molar-refractivity contribution in [3.8, 4) is 0 Å². The predicted octanol–water partition coefficient (Wildman–Crippen LogP) is 3.07. The summed E-state index contributed by atoms with van der Waals surface area (Å²) in [5.74, 6) is 1.51. The van der Waals surface area contributed by atoms with Gasteiger partial charge in [0, 0.05) is 13.2 Å². The number of hydrogen-bond donors (Lipinski definition) is 1. The molecular formula is C13H29NO. The van der Waals surface area contributed by atoms with Gasteiger partial charge in [-0.05, 0) is 38.1 Å². The molecule has 0 heterocycles. The van der Waals surface area contributed by atoms with Gasteiger partial charge in [-0.3, -0.25) is 0 Å². The van der Waals surface area contributed by atoms with Crippen molar-refractivity contribution >= 4 is 0 Å². The van der Waals surface area contributed by atoms with Gasteiger partial charge in [0.1, 0.15) is 0 Å². The third kappa shape index (κ3) is 8.88. The van der Waals surface area contributed by atoms with E-state index >= 15 is 0 Å². The monoisotopic (exact) mass is 215 g/mol. The lowest BCUT2D eigenvalue weighted by Crippen LogP contribution is -2.31. The quantitative estimate of drug-likeness (QED) is 0.672. The van der Waals surface area contributed by atoms with Crippen LogP contribution in [0.1, 0.15) is 47.5 Å². The summed E-state index contributed by atoms with van der Waals surface area (Å²) in [5, 5.41) is 3.52. The van der Waals surface area contributed by atoms with Crippen LogP contribution in [0.5, 0.6) is 0 Å². The molecule has 0 aliphatic rings. The average Bonchev–Trinajstić information content (AvgIpc) is 2.13. The first-order chi connectivity index (χ1) is 6.95. The Hall–Kier alpha value is -0.0800. The molecule has 0 spiro atoms. The highest BCUT2D eigenvalue weighted by atomic mass is 16.5. The van der Waals surface area contributed by atoms with E-state index in [-0.39, 0.29) is 0 Å². The summed E-state index contributed by atoms with van der Waals surface area (Å²) in [7, 11) is 1.80. The molecule has 0 aliphatic heterocycles. The number of nitrogens with one attached hydrogen (secondary N) is 1. The molecule has 0 amide bonds. The Labute approximate surface area is 95.8 Å². The van der Waals surface area contributed by atoms with Crippen LogP contribution in [0.2, 0.25) is 0 Å². The van der Waals surface area contributed by atoms with Crippen molar-refractivity contribution in [3.05, 3.63) is 0 Å². The first-order valence-corrected chi connectivity index (χ1v) is 6.21. The van der Waals surface area contributed by atoms with E-state index in [1.54, 1.807) is 7.11 Å². The smallest absolute Gasteiger partial charge is 0.0546 e. The zero-order chi connectivity index (χ0) is 11.8. The third-order valence-corrected chi connectivity index (χ3v) is 2.69. The van der Waals surface area contributed by atoms with Gasteiger partial charge in [-0.15, -0.1) is 0 Å². The van der Waals surface area contributed by atoms with E-state index in [1.807, 2.05) is 0 Å². The number of ether oxygens (including phenoxy) is 1. The highest BCUT2D eigenvalue weighted by molar-refractivity contribution is 4.69. The van der Waals surface area contributed by atoms with Gasteiger partial charge in [-0.1, -0.05) is 27.7 Å². The van der Waals surface area contributed by atoms with Crippen molar-refractivity contribution in [2.45, 2.75) is 59.6 Å². The molecule has 2 nitrogen and oxygen atoms in total. The van der Waals surface area contributed by atoms with Gasteiger partial charge >= 0.3 is 0 Å². The van der Waals surface area contributed by atoms with Gasteiger partial charge in [0.25, 0.3) is 0 Å². The molecule has 92 valence electrons. The van der Waals surface area contributed by atoms with Crippen molar-refractivity contribution in [1.29, 1.82) is 0 Å². The molecule has 0 radical (unpaired) electrons. The van der Waals surface area contributed by atoms with Crippen LogP contribution in [0, 0.1) is 11.8 Å². The van der Waals surface area contributed by atoms with Gasteiger partial charge in [-0.25, -0.2) is 0 Å². The van der Waals surface area contributed by atoms with Crippen molar-refractivity contribution in [1.82, 2.24) is 5.32 Å². The Balaban J connectivity index is 3.94. The lowest BCUT2D eigenvalue weighted by molar-refractivity contribution is 0.0906. The minimum absolute atomic E-state index is 0.378. The normalized spacial score (nSPS) is 16.0. The number of rotatable bonds is 8. The molecule has 0 rings (SSSR count). The topological polar surface area (TPSA) is 21.3 Å². The highest BCUT2D eigenvalue weighted by Gasteiger charge is 2.14. The zero-order valence-electron chi connectivity index (χ0n) is 11.3. The number of methoxy groups -OCH3 is 1. The fourth-order valence-corrected chi connectivity index (χ4v) is 1.90. The Morgan fingerprint density at radius 3 is 2.00 bits per heavy atom. The Morgan fingerprint density at radius 2 is 1.60 bits per heavy atom. The second kappa shape index (κ2) is 8.12. The summed E-state index contributed by atoms with van der Waals surface area (Å²) in [6.07, 6.45) is 2.82. The van der Waals surface area contributed by atoms with Crippen LogP contribution in [-0.4, -0.2) is 25.8 Å². The maximum atomic E-state index is 5.34. The minimum atomic E-state index is 0.378. The lowest BCUT2D eigenvalue weighted by Gasteiger charge is -2.23. The summed E-state index contributed by atoms with van der Waals surface area (Å²) in [4.78, 5) is 0. The van der Waals surface area contributed by atoms with Crippen molar-refractivity contribution < 1.29 is 4.74 Å². The first-order valence-electron chi connectivity index (χ1n) is 6.21. The van der Waals surface area contributed by atoms with Crippen LogP contribution in [-0.2, 0) is 4.74 Å².